The van der Waals surface area contributed by atoms with Gasteiger partial charge in [-0.3, -0.25) is 14.6 Å². The first kappa shape index (κ1) is 16.2. The van der Waals surface area contributed by atoms with Gasteiger partial charge in [0.25, 0.3) is 0 Å². The molecule has 126 valence electrons. The van der Waals surface area contributed by atoms with E-state index >= 15 is 0 Å². The van der Waals surface area contributed by atoms with Crippen LogP contribution in [-0.4, -0.2) is 85.2 Å². The third-order valence-electron chi connectivity index (χ3n) is 5.51. The Morgan fingerprint density at radius 2 is 2.05 bits per heavy atom. The molecule has 22 heavy (non-hydrogen) atoms. The Kier molecular flexibility index (Phi) is 5.05. The largest absolute Gasteiger partial charge is 0.375 e. The van der Waals surface area contributed by atoms with Crippen LogP contribution in [0.3, 0.4) is 0 Å². The predicted molar refractivity (Wildman–Crippen MR) is 86.8 cm³/mol. The molecule has 0 aromatic carbocycles. The van der Waals surface area contributed by atoms with Crippen LogP contribution in [0.5, 0.6) is 0 Å². The minimum Gasteiger partial charge on any atom is -0.375 e. The molecule has 2 heterocycles. The summed E-state index contributed by atoms with van der Waals surface area (Å²) in [5.74, 6) is 1.17. The monoisotopic (exact) mass is 309 g/mol. The van der Waals surface area contributed by atoms with Gasteiger partial charge in [-0.25, -0.2) is 0 Å². The predicted octanol–water partition coefficient (Wildman–Crippen LogP) is 1.04. The van der Waals surface area contributed by atoms with E-state index in [0.29, 0.717) is 24.7 Å². The molecule has 3 rings (SSSR count). The fourth-order valence-electron chi connectivity index (χ4n) is 3.52. The van der Waals surface area contributed by atoms with Crippen LogP contribution >= 0.6 is 0 Å². The molecule has 2 aliphatic heterocycles. The Morgan fingerprint density at radius 3 is 2.73 bits per heavy atom. The molecule has 3 aliphatic rings. The standard InChI is InChI=1S/C17H31N3O2/c1-13(2)18(3)12-17(21)20-7-6-16-15(11-20)19(8-9-22-16)10-14-4-5-14/h13-16H,4-12H2,1-3H3/t15-,16-/m0/s1. The third kappa shape index (κ3) is 3.81. The number of rotatable bonds is 5. The molecule has 0 radical (unpaired) electrons. The number of likely N-dealkylation sites (N-methyl/N-ethyl adjacent to an activating group) is 1. The maximum Gasteiger partial charge on any atom is 0.236 e. The summed E-state index contributed by atoms with van der Waals surface area (Å²) in [4.78, 5) is 19.3. The van der Waals surface area contributed by atoms with Crippen molar-refractivity contribution in [1.29, 1.82) is 0 Å². The molecule has 1 saturated carbocycles. The number of carbonyl (C=O) groups is 1. The van der Waals surface area contributed by atoms with Gasteiger partial charge in [-0.1, -0.05) is 0 Å². The van der Waals surface area contributed by atoms with E-state index in [2.05, 4.69) is 28.5 Å². The van der Waals surface area contributed by atoms with E-state index in [-0.39, 0.29) is 5.91 Å². The molecular weight excluding hydrogens is 278 g/mol. The maximum absolute atomic E-state index is 12.6. The van der Waals surface area contributed by atoms with Crippen molar-refractivity contribution in [1.82, 2.24) is 14.7 Å². The number of nitrogens with zero attached hydrogens (tertiary/aromatic N) is 3. The summed E-state index contributed by atoms with van der Waals surface area (Å²) in [6, 6.07) is 0.822. The number of piperidine rings is 1. The minimum atomic E-state index is 0.270. The summed E-state index contributed by atoms with van der Waals surface area (Å²) in [5, 5.41) is 0. The zero-order valence-electron chi connectivity index (χ0n) is 14.3. The Labute approximate surface area is 134 Å². The first-order valence-corrected chi connectivity index (χ1v) is 8.88. The van der Waals surface area contributed by atoms with Crippen LogP contribution in [0.15, 0.2) is 0 Å². The molecule has 0 unspecified atom stereocenters. The van der Waals surface area contributed by atoms with Gasteiger partial charge < -0.3 is 9.64 Å². The van der Waals surface area contributed by atoms with Crippen molar-refractivity contribution in [3.05, 3.63) is 0 Å². The normalized spacial score (nSPS) is 30.0. The van der Waals surface area contributed by atoms with Crippen molar-refractivity contribution in [2.45, 2.75) is 51.3 Å². The summed E-state index contributed by atoms with van der Waals surface area (Å²) in [7, 11) is 2.03. The van der Waals surface area contributed by atoms with E-state index in [1.54, 1.807) is 0 Å². The minimum absolute atomic E-state index is 0.270. The third-order valence-corrected chi connectivity index (χ3v) is 5.51. The molecule has 0 aromatic heterocycles. The van der Waals surface area contributed by atoms with Crippen molar-refractivity contribution in [3.63, 3.8) is 0 Å². The van der Waals surface area contributed by atoms with Crippen molar-refractivity contribution in [2.75, 3.05) is 46.4 Å². The van der Waals surface area contributed by atoms with Gasteiger partial charge in [-0.05, 0) is 46.1 Å². The van der Waals surface area contributed by atoms with Crippen LogP contribution in [-0.2, 0) is 9.53 Å². The fraction of sp³-hybridized carbons (Fsp3) is 0.941. The lowest BCUT2D eigenvalue weighted by atomic mass is 9.98. The van der Waals surface area contributed by atoms with Crippen LogP contribution in [0.2, 0.25) is 0 Å². The highest BCUT2D eigenvalue weighted by molar-refractivity contribution is 5.78. The highest BCUT2D eigenvalue weighted by Crippen LogP contribution is 2.32. The Bertz CT molecular complexity index is 397. The number of amides is 1. The zero-order chi connectivity index (χ0) is 15.7. The second-order valence-electron chi connectivity index (χ2n) is 7.55. The van der Waals surface area contributed by atoms with Gasteiger partial charge in [0, 0.05) is 32.2 Å². The van der Waals surface area contributed by atoms with E-state index in [1.165, 1.54) is 19.4 Å². The molecule has 5 nitrogen and oxygen atoms in total. The van der Waals surface area contributed by atoms with Crippen LogP contribution in [0.25, 0.3) is 0 Å². The first-order chi connectivity index (χ1) is 10.5. The second-order valence-corrected chi connectivity index (χ2v) is 7.55. The topological polar surface area (TPSA) is 36.0 Å². The highest BCUT2D eigenvalue weighted by atomic mass is 16.5. The Morgan fingerprint density at radius 1 is 1.27 bits per heavy atom. The number of hydrogen-bond acceptors (Lipinski definition) is 4. The van der Waals surface area contributed by atoms with Gasteiger partial charge in [0.15, 0.2) is 0 Å². The van der Waals surface area contributed by atoms with Crippen LogP contribution in [0.1, 0.15) is 33.1 Å². The SMILES string of the molecule is CC(C)N(C)CC(=O)N1CC[C@@H]2OCCN(CC3CC3)[C@H]2C1. The Hall–Kier alpha value is -0.650. The molecule has 5 heteroatoms. The van der Waals surface area contributed by atoms with Crippen molar-refractivity contribution in [3.8, 4) is 0 Å². The quantitative estimate of drug-likeness (QED) is 0.760. The second kappa shape index (κ2) is 6.85. The number of hydrogen-bond donors (Lipinski definition) is 0. The van der Waals surface area contributed by atoms with E-state index in [0.717, 1.165) is 38.6 Å². The van der Waals surface area contributed by atoms with Gasteiger partial charge in [0.05, 0.1) is 25.3 Å². The summed E-state index contributed by atoms with van der Waals surface area (Å²) in [5.41, 5.74) is 0. The molecule has 1 amide bonds. The molecule has 2 saturated heterocycles. The average Bonchev–Trinajstić information content (AvgIpc) is 3.31. The van der Waals surface area contributed by atoms with Crippen LogP contribution in [0.4, 0.5) is 0 Å². The van der Waals surface area contributed by atoms with E-state index in [4.69, 9.17) is 4.74 Å². The lowest BCUT2D eigenvalue weighted by Crippen LogP contribution is -2.61. The molecular formula is C17H31N3O2. The summed E-state index contributed by atoms with van der Waals surface area (Å²) < 4.78 is 5.97. The lowest BCUT2D eigenvalue weighted by molar-refractivity contribution is -0.144. The number of morpholine rings is 1. The van der Waals surface area contributed by atoms with Crippen LogP contribution < -0.4 is 0 Å². The van der Waals surface area contributed by atoms with Crippen LogP contribution in [0, 0.1) is 5.92 Å². The molecule has 0 spiro atoms. The molecule has 0 aromatic rings. The zero-order valence-corrected chi connectivity index (χ0v) is 14.3. The van der Waals surface area contributed by atoms with Gasteiger partial charge in [-0.2, -0.15) is 0 Å². The molecule has 0 N–H and O–H groups in total. The van der Waals surface area contributed by atoms with Crippen molar-refractivity contribution >= 4 is 5.91 Å². The molecule has 0 bridgehead atoms. The summed E-state index contributed by atoms with van der Waals surface area (Å²) >= 11 is 0. The fourth-order valence-corrected chi connectivity index (χ4v) is 3.52. The number of carbonyl (C=O) groups excluding carboxylic acids is 1. The number of ether oxygens (including phenoxy) is 1. The van der Waals surface area contributed by atoms with Crippen molar-refractivity contribution < 1.29 is 9.53 Å². The molecule has 1 aliphatic carbocycles. The van der Waals surface area contributed by atoms with Gasteiger partial charge in [0.2, 0.25) is 5.91 Å². The van der Waals surface area contributed by atoms with Gasteiger partial charge in [-0.15, -0.1) is 0 Å². The van der Waals surface area contributed by atoms with E-state index < -0.39 is 0 Å². The maximum atomic E-state index is 12.6. The smallest absolute Gasteiger partial charge is 0.236 e. The van der Waals surface area contributed by atoms with Crippen molar-refractivity contribution in [2.24, 2.45) is 5.92 Å². The van der Waals surface area contributed by atoms with Gasteiger partial charge in [0.1, 0.15) is 0 Å². The van der Waals surface area contributed by atoms with E-state index in [9.17, 15) is 4.79 Å². The highest BCUT2D eigenvalue weighted by Gasteiger charge is 2.40. The first-order valence-electron chi connectivity index (χ1n) is 8.88. The van der Waals surface area contributed by atoms with Gasteiger partial charge >= 0.3 is 0 Å². The Balaban J connectivity index is 1.57. The van der Waals surface area contributed by atoms with E-state index in [1.807, 2.05) is 7.05 Å². The number of fused-ring (bicyclic) bond motifs is 1. The number of likely N-dealkylation sites (tertiary alicyclic amines) is 1. The summed E-state index contributed by atoms with van der Waals surface area (Å²) in [6.45, 7) is 9.59. The lowest BCUT2D eigenvalue weighted by Gasteiger charge is -2.47. The summed E-state index contributed by atoms with van der Waals surface area (Å²) in [6.07, 6.45) is 4.09. The molecule has 2 atom stereocenters. The molecule has 3 fully saturated rings. The average molecular weight is 309 g/mol.